The molecular weight excluding hydrogens is 619 g/mol. The summed E-state index contributed by atoms with van der Waals surface area (Å²) in [6.45, 7) is 5.02. The molecule has 5 rings (SSSR count). The smallest absolute Gasteiger partial charge is 0.336 e. The van der Waals surface area contributed by atoms with Crippen LogP contribution in [0, 0.1) is 0 Å². The number of hydrogen-bond donors (Lipinski definition) is 5. The lowest BCUT2D eigenvalue weighted by Crippen LogP contribution is -2.33. The molecule has 1 saturated heterocycles. The summed E-state index contributed by atoms with van der Waals surface area (Å²) in [6.07, 6.45) is -1.42. The van der Waals surface area contributed by atoms with Crippen molar-refractivity contribution in [2.75, 3.05) is 26.1 Å². The lowest BCUT2D eigenvalue weighted by Gasteiger charge is -2.30. The number of esters is 2. The highest BCUT2D eigenvalue weighted by Gasteiger charge is 2.44. The third-order valence-corrected chi connectivity index (χ3v) is 7.97. The van der Waals surface area contributed by atoms with Crippen LogP contribution in [0.25, 0.3) is 11.2 Å². The van der Waals surface area contributed by atoms with Crippen LogP contribution in [-0.4, -0.2) is 85.4 Å². The second-order valence-electron chi connectivity index (χ2n) is 9.80. The largest absolute Gasteiger partial charge is 0.466 e. The number of imidazole rings is 1. The van der Waals surface area contributed by atoms with Crippen molar-refractivity contribution in [1.82, 2.24) is 24.8 Å². The van der Waals surface area contributed by atoms with Crippen molar-refractivity contribution in [2.45, 2.75) is 51.2 Å². The van der Waals surface area contributed by atoms with Crippen LogP contribution < -0.4 is 11.1 Å². The van der Waals surface area contributed by atoms with E-state index in [0.717, 1.165) is 0 Å². The maximum Gasteiger partial charge on any atom is 0.336 e. The first kappa shape index (κ1) is 33.1. The number of ether oxygens (including phenoxy) is 3. The number of anilines is 1. The van der Waals surface area contributed by atoms with E-state index < -0.39 is 49.0 Å². The lowest BCUT2D eigenvalue weighted by molar-refractivity contribution is -0.139. The van der Waals surface area contributed by atoms with Gasteiger partial charge in [0, 0.05) is 11.4 Å². The molecule has 236 valence electrons. The van der Waals surface area contributed by atoms with Gasteiger partial charge in [-0.2, -0.15) is 0 Å². The van der Waals surface area contributed by atoms with Crippen LogP contribution in [0.5, 0.6) is 0 Å². The van der Waals surface area contributed by atoms with Crippen molar-refractivity contribution in [3.05, 3.63) is 69.0 Å². The second-order valence-corrected chi connectivity index (χ2v) is 10.6. The molecule has 16 heteroatoms. The van der Waals surface area contributed by atoms with Crippen molar-refractivity contribution >= 4 is 52.1 Å². The van der Waals surface area contributed by atoms with Gasteiger partial charge < -0.3 is 40.6 Å². The first-order valence-electron chi connectivity index (χ1n) is 13.4. The monoisotopic (exact) mass is 650 g/mol. The lowest BCUT2D eigenvalue weighted by atomic mass is 9.80. The maximum absolute atomic E-state index is 12.6. The molecule has 0 bridgehead atoms. The molecule has 0 spiro atoms. The molecule has 1 fully saturated rings. The SMILES string of the molecule is CCOC(=O)C1=C(C)NC(C)=C(C(=O)OC)C1c1cccc(Cl)c1Cl.Nc1ncnc2c1ncn2[C@@H]1O[C@H](CO)[C@@H](O)[C@H]1O. The van der Waals surface area contributed by atoms with Gasteiger partial charge in [-0.05, 0) is 32.4 Å². The molecule has 5 atom stereocenters. The Bertz CT molecular complexity index is 1630. The molecule has 2 aliphatic rings. The van der Waals surface area contributed by atoms with Gasteiger partial charge in [-0.25, -0.2) is 24.5 Å². The number of allylic oxidation sites excluding steroid dienone is 2. The zero-order valence-electron chi connectivity index (χ0n) is 24.2. The van der Waals surface area contributed by atoms with Crippen LogP contribution in [0.4, 0.5) is 5.82 Å². The van der Waals surface area contributed by atoms with Gasteiger partial charge in [0.05, 0.1) is 53.8 Å². The zero-order valence-corrected chi connectivity index (χ0v) is 25.7. The van der Waals surface area contributed by atoms with E-state index in [1.807, 2.05) is 0 Å². The predicted octanol–water partition coefficient (Wildman–Crippen LogP) is 1.98. The quantitative estimate of drug-likeness (QED) is 0.242. The Morgan fingerprint density at radius 2 is 1.77 bits per heavy atom. The predicted molar refractivity (Wildman–Crippen MR) is 159 cm³/mol. The second kappa shape index (κ2) is 13.9. The number of aliphatic hydroxyl groups is 3. The maximum atomic E-state index is 12.6. The third kappa shape index (κ3) is 6.22. The fourth-order valence-corrected chi connectivity index (χ4v) is 5.49. The van der Waals surface area contributed by atoms with E-state index in [4.69, 9.17) is 48.3 Å². The van der Waals surface area contributed by atoms with Gasteiger partial charge >= 0.3 is 11.9 Å². The van der Waals surface area contributed by atoms with Crippen molar-refractivity contribution in [2.24, 2.45) is 0 Å². The number of aromatic nitrogens is 4. The Kier molecular flexibility index (Phi) is 10.4. The average Bonchev–Trinajstić information content (AvgIpc) is 3.55. The summed E-state index contributed by atoms with van der Waals surface area (Å²) in [5.41, 5.74) is 8.75. The van der Waals surface area contributed by atoms with Crippen molar-refractivity contribution in [3.63, 3.8) is 0 Å². The molecule has 0 amide bonds. The summed E-state index contributed by atoms with van der Waals surface area (Å²) in [5.74, 6) is -1.60. The van der Waals surface area contributed by atoms with Gasteiger partial charge in [-0.3, -0.25) is 4.57 Å². The standard InChI is InChI=1S/C18H19Cl2NO4.C10H13N5O4/c1-5-25-18(23)14-10(3)21-9(2)13(17(22)24-4)15(14)11-7-6-8-12(19)16(11)20;11-8-5-9(13-2-12-8)15(3-14-5)10-7(18)6(17)4(1-16)19-10/h6-8,15,21H,5H2,1-4H3;2-4,6-7,10,16-18H,1H2,(H2,11,12,13)/t;4-,6-,7-,10-/m.1/s1. The summed E-state index contributed by atoms with van der Waals surface area (Å²) in [6, 6.07) is 5.09. The number of benzene rings is 1. The van der Waals surface area contributed by atoms with E-state index in [2.05, 4.69) is 20.3 Å². The summed E-state index contributed by atoms with van der Waals surface area (Å²) in [7, 11) is 1.29. The highest BCUT2D eigenvalue weighted by Crippen LogP contribution is 2.43. The topological polar surface area (TPSA) is 204 Å². The van der Waals surface area contributed by atoms with Crippen LogP contribution in [0.1, 0.15) is 38.5 Å². The van der Waals surface area contributed by atoms with E-state index in [1.165, 1.54) is 24.3 Å². The molecular formula is C28H32Cl2N6O8. The van der Waals surface area contributed by atoms with E-state index in [1.54, 1.807) is 39.0 Å². The number of rotatable bonds is 6. The number of nitrogens with zero attached hydrogens (tertiary/aromatic N) is 4. The molecule has 1 aromatic carbocycles. The Morgan fingerprint density at radius 1 is 1.09 bits per heavy atom. The van der Waals surface area contributed by atoms with E-state index in [9.17, 15) is 19.8 Å². The molecule has 3 aromatic rings. The number of fused-ring (bicyclic) bond motifs is 1. The van der Waals surface area contributed by atoms with Crippen LogP contribution >= 0.6 is 23.2 Å². The number of dihydropyridines is 1. The van der Waals surface area contributed by atoms with Crippen LogP contribution in [0.3, 0.4) is 0 Å². The minimum Gasteiger partial charge on any atom is -0.466 e. The minimum atomic E-state index is -1.19. The summed E-state index contributed by atoms with van der Waals surface area (Å²) in [4.78, 5) is 36.9. The number of carbonyl (C=O) groups is 2. The average molecular weight is 652 g/mol. The zero-order chi connectivity index (χ0) is 32.3. The van der Waals surface area contributed by atoms with Gasteiger partial charge in [0.1, 0.15) is 30.2 Å². The Hall–Kier alpha value is -3.79. The normalized spacial score (nSPS) is 23.2. The number of hydrogen-bond acceptors (Lipinski definition) is 13. The van der Waals surface area contributed by atoms with Crippen molar-refractivity contribution < 1.29 is 39.1 Å². The van der Waals surface area contributed by atoms with Crippen molar-refractivity contribution in [3.8, 4) is 0 Å². The molecule has 14 nitrogen and oxygen atoms in total. The molecule has 1 unspecified atom stereocenters. The summed E-state index contributed by atoms with van der Waals surface area (Å²) >= 11 is 12.5. The summed E-state index contributed by atoms with van der Waals surface area (Å²) in [5, 5.41) is 32.4. The number of halogens is 2. The fourth-order valence-electron chi connectivity index (χ4n) is 5.07. The van der Waals surface area contributed by atoms with E-state index >= 15 is 0 Å². The third-order valence-electron chi connectivity index (χ3n) is 7.13. The Morgan fingerprint density at radius 3 is 2.39 bits per heavy atom. The number of nitrogens with one attached hydrogen (secondary N) is 1. The highest BCUT2D eigenvalue weighted by atomic mass is 35.5. The van der Waals surface area contributed by atoms with Crippen molar-refractivity contribution in [1.29, 1.82) is 0 Å². The number of nitrogens with two attached hydrogens (primary N) is 1. The number of methoxy groups -OCH3 is 1. The van der Waals surface area contributed by atoms with Gasteiger partial charge in [0.15, 0.2) is 17.7 Å². The Balaban J connectivity index is 0.000000208. The first-order valence-corrected chi connectivity index (χ1v) is 14.2. The minimum absolute atomic E-state index is 0.210. The van der Waals surface area contributed by atoms with Crippen LogP contribution in [0.2, 0.25) is 10.0 Å². The van der Waals surface area contributed by atoms with Gasteiger partial charge in [-0.15, -0.1) is 0 Å². The molecule has 2 aliphatic heterocycles. The molecule has 2 aromatic heterocycles. The Labute approximate surface area is 262 Å². The van der Waals surface area contributed by atoms with Gasteiger partial charge in [-0.1, -0.05) is 35.3 Å². The molecule has 4 heterocycles. The van der Waals surface area contributed by atoms with Gasteiger partial charge in [0.25, 0.3) is 0 Å². The number of carbonyl (C=O) groups excluding carboxylic acids is 2. The highest BCUT2D eigenvalue weighted by molar-refractivity contribution is 6.42. The molecule has 0 aliphatic carbocycles. The molecule has 6 N–H and O–H groups in total. The van der Waals surface area contributed by atoms with E-state index in [0.29, 0.717) is 44.3 Å². The molecule has 0 saturated carbocycles. The van der Waals surface area contributed by atoms with Crippen LogP contribution in [-0.2, 0) is 23.8 Å². The molecule has 44 heavy (non-hydrogen) atoms. The molecule has 0 radical (unpaired) electrons. The van der Waals surface area contributed by atoms with Crippen LogP contribution in [0.15, 0.2) is 53.4 Å². The number of aliphatic hydroxyl groups excluding tert-OH is 3. The first-order chi connectivity index (χ1) is 21.0. The fraction of sp³-hybridized carbons (Fsp3) is 0.393. The van der Waals surface area contributed by atoms with E-state index in [-0.39, 0.29) is 17.4 Å². The number of nitrogen functional groups attached to an aromatic ring is 1. The summed E-state index contributed by atoms with van der Waals surface area (Å²) < 4.78 is 17.0. The van der Waals surface area contributed by atoms with Gasteiger partial charge in [0.2, 0.25) is 0 Å².